The van der Waals surface area contributed by atoms with Gasteiger partial charge in [-0.2, -0.15) is 13.2 Å². The average molecular weight is 332 g/mol. The Morgan fingerprint density at radius 1 is 1.23 bits per heavy atom. The number of aryl methyl sites for hydroxylation is 2. The third kappa shape index (κ3) is 3.65. The molecule has 0 unspecified atom stereocenters. The molecule has 0 amide bonds. The van der Waals surface area contributed by atoms with Crippen molar-refractivity contribution in [2.75, 3.05) is 18.2 Å². The quantitative estimate of drug-likeness (QED) is 0.518. The van der Waals surface area contributed by atoms with Gasteiger partial charge in [-0.05, 0) is 25.0 Å². The first kappa shape index (κ1) is 16.5. The van der Waals surface area contributed by atoms with Crippen molar-refractivity contribution in [3.8, 4) is 5.75 Å². The molecule has 0 saturated carbocycles. The highest BCUT2D eigenvalue weighted by molar-refractivity contribution is 7.99. The molecule has 120 valence electrons. The summed E-state index contributed by atoms with van der Waals surface area (Å²) in [6, 6.07) is 5.80. The standard InChI is InChI=1S/C13H15F3N4OS/c1-8-4-3-5-9(2)10(8)21-6-7-22-12-19-18-11(20(12)17)13(14,15)16/h3-5H,6-7,17H2,1-2H3. The Balaban J connectivity index is 1.91. The van der Waals surface area contributed by atoms with Crippen LogP contribution in [0.25, 0.3) is 0 Å². The third-order valence-corrected chi connectivity index (χ3v) is 3.80. The number of rotatable bonds is 5. The Hall–Kier alpha value is -1.90. The van der Waals surface area contributed by atoms with E-state index in [1.54, 1.807) is 0 Å². The number of nitrogens with zero attached hydrogens (tertiary/aromatic N) is 3. The molecule has 0 bridgehead atoms. The van der Waals surface area contributed by atoms with Crippen molar-refractivity contribution < 1.29 is 17.9 Å². The summed E-state index contributed by atoms with van der Waals surface area (Å²) in [5, 5.41) is 6.49. The van der Waals surface area contributed by atoms with Gasteiger partial charge in [0.15, 0.2) is 0 Å². The Labute approximate surface area is 129 Å². The van der Waals surface area contributed by atoms with Gasteiger partial charge in [-0.15, -0.1) is 10.2 Å². The lowest BCUT2D eigenvalue weighted by Crippen LogP contribution is -2.21. The lowest BCUT2D eigenvalue weighted by atomic mass is 10.1. The van der Waals surface area contributed by atoms with Gasteiger partial charge in [-0.1, -0.05) is 30.0 Å². The number of hydrogen-bond acceptors (Lipinski definition) is 5. The lowest BCUT2D eigenvalue weighted by Gasteiger charge is -2.11. The van der Waals surface area contributed by atoms with Crippen molar-refractivity contribution in [2.24, 2.45) is 0 Å². The van der Waals surface area contributed by atoms with Crippen LogP contribution in [0.4, 0.5) is 13.2 Å². The maximum Gasteiger partial charge on any atom is 0.453 e. The number of benzene rings is 1. The number of hydrogen-bond donors (Lipinski definition) is 1. The van der Waals surface area contributed by atoms with Crippen LogP contribution >= 0.6 is 11.8 Å². The van der Waals surface area contributed by atoms with Gasteiger partial charge in [-0.25, -0.2) is 4.68 Å². The number of alkyl halides is 3. The molecule has 0 spiro atoms. The van der Waals surface area contributed by atoms with Crippen molar-refractivity contribution in [3.63, 3.8) is 0 Å². The largest absolute Gasteiger partial charge is 0.492 e. The topological polar surface area (TPSA) is 66.0 Å². The molecule has 1 aromatic carbocycles. The van der Waals surface area contributed by atoms with Crippen LogP contribution in [-0.2, 0) is 6.18 Å². The monoisotopic (exact) mass is 332 g/mol. The zero-order valence-corrected chi connectivity index (χ0v) is 12.8. The van der Waals surface area contributed by atoms with Gasteiger partial charge in [0, 0.05) is 5.75 Å². The number of nitrogens with two attached hydrogens (primary N) is 1. The molecule has 0 fully saturated rings. The molecule has 0 aliphatic carbocycles. The zero-order chi connectivity index (χ0) is 16.3. The summed E-state index contributed by atoms with van der Waals surface area (Å²) >= 11 is 1.05. The number of nitrogen functional groups attached to an aromatic ring is 1. The summed E-state index contributed by atoms with van der Waals surface area (Å²) in [5.41, 5.74) is 2.01. The SMILES string of the molecule is Cc1cccc(C)c1OCCSc1nnc(C(F)(F)F)n1N. The maximum atomic E-state index is 12.5. The lowest BCUT2D eigenvalue weighted by molar-refractivity contribution is -0.146. The highest BCUT2D eigenvalue weighted by Crippen LogP contribution is 2.29. The second kappa shape index (κ2) is 6.47. The molecule has 1 aromatic heterocycles. The van der Waals surface area contributed by atoms with Crippen LogP contribution in [0.3, 0.4) is 0 Å². The zero-order valence-electron chi connectivity index (χ0n) is 12.0. The molecule has 2 aromatic rings. The molecule has 0 aliphatic rings. The first-order valence-corrected chi connectivity index (χ1v) is 7.38. The first-order chi connectivity index (χ1) is 10.3. The Kier molecular flexibility index (Phi) is 4.84. The van der Waals surface area contributed by atoms with E-state index in [0.29, 0.717) is 17.0 Å². The summed E-state index contributed by atoms with van der Waals surface area (Å²) in [7, 11) is 0. The second-order valence-electron chi connectivity index (χ2n) is 4.59. The molecule has 5 nitrogen and oxygen atoms in total. The van der Waals surface area contributed by atoms with E-state index in [2.05, 4.69) is 10.2 Å². The highest BCUT2D eigenvalue weighted by atomic mass is 32.2. The normalized spacial score (nSPS) is 11.7. The van der Waals surface area contributed by atoms with Gasteiger partial charge < -0.3 is 10.6 Å². The summed E-state index contributed by atoms with van der Waals surface area (Å²) < 4.78 is 43.7. The second-order valence-corrected chi connectivity index (χ2v) is 5.65. The van der Waals surface area contributed by atoms with Gasteiger partial charge in [0.05, 0.1) is 6.61 Å². The third-order valence-electron chi connectivity index (χ3n) is 2.89. The van der Waals surface area contributed by atoms with Gasteiger partial charge in [0.2, 0.25) is 5.16 Å². The summed E-state index contributed by atoms with van der Waals surface area (Å²) in [6.45, 7) is 4.19. The number of halogens is 3. The van der Waals surface area contributed by atoms with E-state index in [9.17, 15) is 13.2 Å². The average Bonchev–Trinajstić information content (AvgIpc) is 2.78. The molecule has 2 rings (SSSR count). The molecular formula is C13H15F3N4OS. The van der Waals surface area contributed by atoms with E-state index < -0.39 is 12.0 Å². The molecule has 0 atom stereocenters. The van der Waals surface area contributed by atoms with E-state index in [4.69, 9.17) is 10.6 Å². The molecule has 2 N–H and O–H groups in total. The highest BCUT2D eigenvalue weighted by Gasteiger charge is 2.38. The van der Waals surface area contributed by atoms with Gasteiger partial charge >= 0.3 is 6.18 Å². The van der Waals surface area contributed by atoms with Gasteiger partial charge in [-0.3, -0.25) is 0 Å². The maximum absolute atomic E-state index is 12.5. The number of thioether (sulfide) groups is 1. The van der Waals surface area contributed by atoms with E-state index in [1.807, 2.05) is 32.0 Å². The van der Waals surface area contributed by atoms with Crippen molar-refractivity contribution in [1.82, 2.24) is 14.9 Å². The Morgan fingerprint density at radius 3 is 2.41 bits per heavy atom. The summed E-state index contributed by atoms with van der Waals surface area (Å²) in [6.07, 6.45) is -4.62. The molecule has 1 heterocycles. The van der Waals surface area contributed by atoms with E-state index in [0.717, 1.165) is 28.6 Å². The van der Waals surface area contributed by atoms with Gasteiger partial charge in [0.25, 0.3) is 5.82 Å². The molecule has 9 heteroatoms. The van der Waals surface area contributed by atoms with Crippen LogP contribution in [0, 0.1) is 13.8 Å². The number of para-hydroxylation sites is 1. The minimum Gasteiger partial charge on any atom is -0.492 e. The predicted molar refractivity (Wildman–Crippen MR) is 77.3 cm³/mol. The molecule has 0 aliphatic heterocycles. The van der Waals surface area contributed by atoms with Crippen molar-refractivity contribution in [1.29, 1.82) is 0 Å². The van der Waals surface area contributed by atoms with Crippen LogP contribution in [-0.4, -0.2) is 27.2 Å². The smallest absolute Gasteiger partial charge is 0.453 e. The Morgan fingerprint density at radius 2 is 1.86 bits per heavy atom. The fourth-order valence-corrected chi connectivity index (χ4v) is 2.55. The molecule has 22 heavy (non-hydrogen) atoms. The van der Waals surface area contributed by atoms with Crippen LogP contribution in [0.15, 0.2) is 23.4 Å². The summed E-state index contributed by atoms with van der Waals surface area (Å²) in [5.74, 6) is 5.31. The molecular weight excluding hydrogens is 317 g/mol. The molecule has 0 radical (unpaired) electrons. The minimum absolute atomic E-state index is 0.00238. The Bertz CT molecular complexity index is 637. The number of ether oxygens (including phenoxy) is 1. The fraction of sp³-hybridized carbons (Fsp3) is 0.385. The van der Waals surface area contributed by atoms with Crippen LogP contribution in [0.1, 0.15) is 17.0 Å². The molecule has 0 saturated heterocycles. The van der Waals surface area contributed by atoms with Crippen LogP contribution in [0.5, 0.6) is 5.75 Å². The van der Waals surface area contributed by atoms with Crippen molar-refractivity contribution in [2.45, 2.75) is 25.2 Å². The van der Waals surface area contributed by atoms with Crippen LogP contribution in [0.2, 0.25) is 0 Å². The van der Waals surface area contributed by atoms with E-state index in [-0.39, 0.29) is 5.16 Å². The van der Waals surface area contributed by atoms with Crippen molar-refractivity contribution in [3.05, 3.63) is 35.2 Å². The van der Waals surface area contributed by atoms with Crippen molar-refractivity contribution >= 4 is 11.8 Å². The fourth-order valence-electron chi connectivity index (χ4n) is 1.87. The minimum atomic E-state index is -4.62. The van der Waals surface area contributed by atoms with Gasteiger partial charge in [0.1, 0.15) is 5.75 Å². The van der Waals surface area contributed by atoms with Crippen LogP contribution < -0.4 is 10.6 Å². The van der Waals surface area contributed by atoms with E-state index in [1.165, 1.54) is 0 Å². The number of aromatic nitrogens is 3. The van der Waals surface area contributed by atoms with E-state index >= 15 is 0 Å². The predicted octanol–water partition coefficient (Wildman–Crippen LogP) is 2.80. The summed E-state index contributed by atoms with van der Waals surface area (Å²) in [4.78, 5) is 0. The first-order valence-electron chi connectivity index (χ1n) is 6.40.